The number of thiophene rings is 1. The molecule has 2 fully saturated rings. The number of aromatic nitrogens is 3. The first-order valence-corrected chi connectivity index (χ1v) is 11.5. The van der Waals surface area contributed by atoms with Crippen LogP contribution in [0.1, 0.15) is 23.7 Å². The number of fused-ring (bicyclic) bond motifs is 1. The molecule has 0 aromatic carbocycles. The molecule has 12 heteroatoms. The zero-order valence-corrected chi connectivity index (χ0v) is 18.6. The largest absolute Gasteiger partial charge is 0.490 e. The number of halogens is 3. The Morgan fingerprint density at radius 1 is 1.21 bits per heavy atom. The molecule has 5 rings (SSSR count). The zero-order chi connectivity index (χ0) is 23.4. The van der Waals surface area contributed by atoms with E-state index in [1.54, 1.807) is 11.3 Å². The molecule has 0 amide bonds. The average molecular weight is 484 g/mol. The minimum atomic E-state index is -5.08. The van der Waals surface area contributed by atoms with Crippen molar-refractivity contribution in [3.8, 4) is 0 Å². The van der Waals surface area contributed by atoms with Crippen LogP contribution in [0.2, 0.25) is 0 Å². The molecule has 0 radical (unpaired) electrons. The second-order valence-electron chi connectivity index (χ2n) is 7.91. The maximum Gasteiger partial charge on any atom is 0.490 e. The molecule has 2 aliphatic rings. The summed E-state index contributed by atoms with van der Waals surface area (Å²) in [7, 11) is 0. The summed E-state index contributed by atoms with van der Waals surface area (Å²) in [5.74, 6) is -1.34. The number of morpholine rings is 1. The summed E-state index contributed by atoms with van der Waals surface area (Å²) in [6, 6.07) is 6.45. The number of carboxylic acid groups (broad SMARTS) is 1. The number of nitrogens with zero attached hydrogens (tertiary/aromatic N) is 5. The lowest BCUT2D eigenvalue weighted by Crippen LogP contribution is -2.36. The molecule has 1 unspecified atom stereocenters. The van der Waals surface area contributed by atoms with E-state index in [9.17, 15) is 13.2 Å². The lowest BCUT2D eigenvalue weighted by molar-refractivity contribution is -0.192. The summed E-state index contributed by atoms with van der Waals surface area (Å²) in [6.07, 6.45) is -1.84. The molecule has 0 saturated carbocycles. The van der Waals surface area contributed by atoms with E-state index in [0.29, 0.717) is 5.92 Å². The van der Waals surface area contributed by atoms with Crippen molar-refractivity contribution in [2.24, 2.45) is 0 Å². The Kier molecular flexibility index (Phi) is 7.15. The van der Waals surface area contributed by atoms with Crippen LogP contribution in [0.4, 0.5) is 18.9 Å². The monoisotopic (exact) mass is 483 g/mol. The second kappa shape index (κ2) is 10.1. The predicted molar refractivity (Wildman–Crippen MR) is 117 cm³/mol. The van der Waals surface area contributed by atoms with Gasteiger partial charge >= 0.3 is 12.1 Å². The van der Waals surface area contributed by atoms with Crippen LogP contribution in [0.15, 0.2) is 35.2 Å². The summed E-state index contributed by atoms with van der Waals surface area (Å²) in [6.45, 7) is 6.67. The molecule has 2 aliphatic heterocycles. The van der Waals surface area contributed by atoms with E-state index >= 15 is 0 Å². The standard InChI is InChI=1S/C19H23N5OS.C2HF3O2/c1-2-18-20-19(16-3-5-22(12-16)11-15-4-10-26-14-15)21-24(18)13-17(1)23-6-8-25-9-7-23;3-2(4,5)1(6)7/h1-2,4,10,13-14,16H,3,5-9,11-12H2;(H,6,7). The summed E-state index contributed by atoms with van der Waals surface area (Å²) in [5, 5.41) is 16.3. The third-order valence-corrected chi connectivity index (χ3v) is 6.31. The summed E-state index contributed by atoms with van der Waals surface area (Å²) >= 11 is 1.77. The van der Waals surface area contributed by atoms with Gasteiger partial charge in [-0.2, -0.15) is 29.6 Å². The van der Waals surface area contributed by atoms with Crippen LogP contribution >= 0.6 is 11.3 Å². The summed E-state index contributed by atoms with van der Waals surface area (Å²) in [5.41, 5.74) is 3.55. The van der Waals surface area contributed by atoms with Gasteiger partial charge in [0.15, 0.2) is 11.5 Å². The number of alkyl halides is 3. The maximum atomic E-state index is 10.6. The lowest BCUT2D eigenvalue weighted by Gasteiger charge is -2.28. The van der Waals surface area contributed by atoms with E-state index < -0.39 is 12.1 Å². The van der Waals surface area contributed by atoms with E-state index in [-0.39, 0.29) is 0 Å². The number of ether oxygens (including phenoxy) is 1. The number of carbonyl (C=O) groups is 1. The van der Waals surface area contributed by atoms with Gasteiger partial charge in [-0.3, -0.25) is 4.90 Å². The molecule has 3 aromatic rings. The minimum Gasteiger partial charge on any atom is -0.475 e. The third kappa shape index (κ3) is 6.01. The van der Waals surface area contributed by atoms with Crippen LogP contribution in [0.5, 0.6) is 0 Å². The Balaban J connectivity index is 0.000000325. The number of anilines is 1. The van der Waals surface area contributed by atoms with Crippen molar-refractivity contribution >= 4 is 28.6 Å². The Bertz CT molecular complexity index is 1070. The molecule has 0 aliphatic carbocycles. The van der Waals surface area contributed by atoms with Crippen molar-refractivity contribution in [2.45, 2.75) is 25.1 Å². The van der Waals surface area contributed by atoms with Crippen molar-refractivity contribution < 1.29 is 27.8 Å². The van der Waals surface area contributed by atoms with Crippen LogP contribution in [0.25, 0.3) is 5.65 Å². The highest BCUT2D eigenvalue weighted by Crippen LogP contribution is 2.27. The van der Waals surface area contributed by atoms with Gasteiger partial charge in [-0.05, 0) is 47.5 Å². The molecule has 0 bridgehead atoms. The van der Waals surface area contributed by atoms with Gasteiger partial charge in [0.25, 0.3) is 0 Å². The third-order valence-electron chi connectivity index (χ3n) is 5.57. The minimum absolute atomic E-state index is 0.431. The van der Waals surface area contributed by atoms with Crippen LogP contribution < -0.4 is 4.90 Å². The molecule has 3 aromatic heterocycles. The van der Waals surface area contributed by atoms with Crippen LogP contribution in [-0.2, 0) is 16.1 Å². The molecule has 33 heavy (non-hydrogen) atoms. The molecular formula is C21H24F3N5O3S. The fourth-order valence-corrected chi connectivity index (χ4v) is 4.56. The first kappa shape index (κ1) is 23.5. The molecule has 178 valence electrons. The van der Waals surface area contributed by atoms with Gasteiger partial charge in [0.2, 0.25) is 0 Å². The molecule has 5 heterocycles. The van der Waals surface area contributed by atoms with Gasteiger partial charge in [0.1, 0.15) is 0 Å². The average Bonchev–Trinajstić information content (AvgIpc) is 3.55. The molecule has 1 N–H and O–H groups in total. The van der Waals surface area contributed by atoms with Crippen LogP contribution in [0.3, 0.4) is 0 Å². The van der Waals surface area contributed by atoms with E-state index in [0.717, 1.165) is 63.8 Å². The molecule has 0 spiro atoms. The van der Waals surface area contributed by atoms with Gasteiger partial charge in [0.05, 0.1) is 25.1 Å². The normalized spacial score (nSPS) is 19.5. The second-order valence-corrected chi connectivity index (χ2v) is 8.69. The van der Waals surface area contributed by atoms with Crippen LogP contribution in [-0.4, -0.2) is 76.1 Å². The van der Waals surface area contributed by atoms with Crippen LogP contribution in [0, 0.1) is 0 Å². The van der Waals surface area contributed by atoms with Crippen molar-refractivity contribution in [1.29, 1.82) is 0 Å². The Labute approximate surface area is 192 Å². The molecule has 2 saturated heterocycles. The van der Waals surface area contributed by atoms with E-state index in [2.05, 4.69) is 45.0 Å². The molecule has 1 atom stereocenters. The first-order chi connectivity index (χ1) is 15.8. The predicted octanol–water partition coefficient (Wildman–Crippen LogP) is 3.25. The zero-order valence-electron chi connectivity index (χ0n) is 17.7. The number of rotatable bonds is 4. The SMILES string of the molecule is O=C(O)C(F)(F)F.c1cc(CN2CCC(c3nc4ccc(N5CCOCC5)cn4n3)C2)cs1. The van der Waals surface area contributed by atoms with Crippen molar-refractivity contribution in [3.63, 3.8) is 0 Å². The van der Waals surface area contributed by atoms with Crippen molar-refractivity contribution in [3.05, 3.63) is 46.5 Å². The number of carboxylic acids is 1. The topological polar surface area (TPSA) is 83.2 Å². The number of aliphatic carboxylic acids is 1. The highest BCUT2D eigenvalue weighted by molar-refractivity contribution is 7.07. The van der Waals surface area contributed by atoms with Gasteiger partial charge in [-0.15, -0.1) is 0 Å². The Morgan fingerprint density at radius 2 is 1.97 bits per heavy atom. The van der Waals surface area contributed by atoms with E-state index in [4.69, 9.17) is 24.7 Å². The number of pyridine rings is 1. The summed E-state index contributed by atoms with van der Waals surface area (Å²) in [4.78, 5) is 18.6. The Morgan fingerprint density at radius 3 is 2.64 bits per heavy atom. The number of hydrogen-bond acceptors (Lipinski definition) is 7. The maximum absolute atomic E-state index is 10.6. The van der Waals surface area contributed by atoms with Crippen molar-refractivity contribution in [1.82, 2.24) is 19.5 Å². The lowest BCUT2D eigenvalue weighted by atomic mass is 10.1. The fourth-order valence-electron chi connectivity index (χ4n) is 3.90. The quantitative estimate of drug-likeness (QED) is 0.610. The Hall–Kier alpha value is -2.70. The number of hydrogen-bond donors (Lipinski definition) is 1. The first-order valence-electron chi connectivity index (χ1n) is 10.5. The smallest absolute Gasteiger partial charge is 0.475 e. The van der Waals surface area contributed by atoms with E-state index in [1.807, 2.05) is 4.52 Å². The van der Waals surface area contributed by atoms with Crippen molar-refractivity contribution in [2.75, 3.05) is 44.3 Å². The van der Waals surface area contributed by atoms with Gasteiger partial charge < -0.3 is 14.7 Å². The fraction of sp³-hybridized carbons (Fsp3) is 0.476. The summed E-state index contributed by atoms with van der Waals surface area (Å²) < 4.78 is 39.1. The van der Waals surface area contributed by atoms with Gasteiger partial charge in [0, 0.05) is 32.1 Å². The van der Waals surface area contributed by atoms with Gasteiger partial charge in [-0.25, -0.2) is 14.3 Å². The number of likely N-dealkylation sites (tertiary alicyclic amines) is 1. The van der Waals surface area contributed by atoms with E-state index in [1.165, 1.54) is 11.3 Å². The molecule has 8 nitrogen and oxygen atoms in total. The highest BCUT2D eigenvalue weighted by atomic mass is 32.1. The highest BCUT2D eigenvalue weighted by Gasteiger charge is 2.38. The van der Waals surface area contributed by atoms with Gasteiger partial charge in [-0.1, -0.05) is 0 Å². The molecular weight excluding hydrogens is 459 g/mol.